The maximum Gasteiger partial charge on any atom is 0.254 e. The molecule has 6 heteroatoms. The van der Waals surface area contributed by atoms with Gasteiger partial charge in [0.05, 0.1) is 23.2 Å². The highest BCUT2D eigenvalue weighted by Gasteiger charge is 2.16. The van der Waals surface area contributed by atoms with Gasteiger partial charge in [0.15, 0.2) is 0 Å². The fourth-order valence-electron chi connectivity index (χ4n) is 1.98. The van der Waals surface area contributed by atoms with Crippen molar-refractivity contribution in [3.63, 3.8) is 0 Å². The Morgan fingerprint density at radius 1 is 1.23 bits per heavy atom. The Morgan fingerprint density at radius 2 is 1.95 bits per heavy atom. The van der Waals surface area contributed by atoms with E-state index in [9.17, 15) is 13.6 Å². The molecule has 1 atom stereocenters. The first-order valence-electron chi connectivity index (χ1n) is 6.51. The molecule has 0 bridgehead atoms. The van der Waals surface area contributed by atoms with Crippen LogP contribution < -0.4 is 10.1 Å². The SMILES string of the molecule is COc1ccc(C(C)NC(=O)c2ccc(F)cc2F)cc1Br. The minimum Gasteiger partial charge on any atom is -0.496 e. The first-order chi connectivity index (χ1) is 10.4. The fourth-order valence-corrected chi connectivity index (χ4v) is 2.54. The van der Waals surface area contributed by atoms with Crippen molar-refractivity contribution in [2.75, 3.05) is 7.11 Å². The summed E-state index contributed by atoms with van der Waals surface area (Å²) in [6.45, 7) is 1.77. The highest BCUT2D eigenvalue weighted by molar-refractivity contribution is 9.10. The molecule has 0 aliphatic heterocycles. The highest BCUT2D eigenvalue weighted by atomic mass is 79.9. The van der Waals surface area contributed by atoms with Crippen LogP contribution in [0.2, 0.25) is 0 Å². The Kier molecular flexibility index (Phi) is 5.13. The highest BCUT2D eigenvalue weighted by Crippen LogP contribution is 2.28. The summed E-state index contributed by atoms with van der Waals surface area (Å²) in [4.78, 5) is 12.1. The smallest absolute Gasteiger partial charge is 0.254 e. The molecule has 2 aromatic carbocycles. The van der Waals surface area contributed by atoms with E-state index in [2.05, 4.69) is 21.2 Å². The predicted molar refractivity (Wildman–Crippen MR) is 82.9 cm³/mol. The Labute approximate surface area is 135 Å². The number of carbonyl (C=O) groups excluding carboxylic acids is 1. The zero-order chi connectivity index (χ0) is 16.3. The van der Waals surface area contributed by atoms with E-state index in [0.29, 0.717) is 11.8 Å². The molecule has 0 aliphatic rings. The van der Waals surface area contributed by atoms with E-state index in [0.717, 1.165) is 22.2 Å². The minimum atomic E-state index is -0.888. The molecule has 0 radical (unpaired) electrons. The Morgan fingerprint density at radius 3 is 2.55 bits per heavy atom. The summed E-state index contributed by atoms with van der Waals surface area (Å²) in [5, 5.41) is 2.67. The van der Waals surface area contributed by atoms with E-state index >= 15 is 0 Å². The molecule has 0 heterocycles. The van der Waals surface area contributed by atoms with E-state index in [4.69, 9.17) is 4.74 Å². The molecule has 1 unspecified atom stereocenters. The summed E-state index contributed by atoms with van der Waals surface area (Å²) < 4.78 is 32.3. The maximum absolute atomic E-state index is 13.6. The predicted octanol–water partition coefficient (Wildman–Crippen LogP) is 4.23. The van der Waals surface area contributed by atoms with Crippen LogP contribution in [0.15, 0.2) is 40.9 Å². The Balaban J connectivity index is 2.15. The first kappa shape index (κ1) is 16.4. The van der Waals surface area contributed by atoms with Crippen molar-refractivity contribution in [1.29, 1.82) is 0 Å². The van der Waals surface area contributed by atoms with Crippen molar-refractivity contribution in [1.82, 2.24) is 5.32 Å². The molecule has 2 aromatic rings. The average molecular weight is 370 g/mol. The molecule has 1 N–H and O–H groups in total. The lowest BCUT2D eigenvalue weighted by Crippen LogP contribution is -2.27. The lowest BCUT2D eigenvalue weighted by molar-refractivity contribution is 0.0935. The fraction of sp³-hybridized carbons (Fsp3) is 0.188. The summed E-state index contributed by atoms with van der Waals surface area (Å²) in [6.07, 6.45) is 0. The third-order valence-corrected chi connectivity index (χ3v) is 3.82. The maximum atomic E-state index is 13.6. The van der Waals surface area contributed by atoms with Crippen LogP contribution >= 0.6 is 15.9 Å². The van der Waals surface area contributed by atoms with E-state index in [1.165, 1.54) is 0 Å². The van der Waals surface area contributed by atoms with Crippen molar-refractivity contribution in [2.24, 2.45) is 0 Å². The number of amides is 1. The van der Waals surface area contributed by atoms with Crippen molar-refractivity contribution in [2.45, 2.75) is 13.0 Å². The van der Waals surface area contributed by atoms with E-state index in [1.54, 1.807) is 26.2 Å². The largest absolute Gasteiger partial charge is 0.496 e. The van der Waals surface area contributed by atoms with Crippen LogP contribution in [0.1, 0.15) is 28.9 Å². The molecule has 0 aromatic heterocycles. The summed E-state index contributed by atoms with van der Waals surface area (Å²) in [7, 11) is 1.56. The van der Waals surface area contributed by atoms with Gasteiger partial charge in [-0.05, 0) is 52.7 Å². The molecule has 3 nitrogen and oxygen atoms in total. The molecule has 22 heavy (non-hydrogen) atoms. The van der Waals surface area contributed by atoms with Gasteiger partial charge in [0.25, 0.3) is 5.91 Å². The summed E-state index contributed by atoms with van der Waals surface area (Å²) in [6, 6.07) is 7.88. The number of nitrogens with one attached hydrogen (secondary N) is 1. The standard InChI is InChI=1S/C16H14BrF2NO2/c1-9(10-3-6-15(22-2)13(17)7-10)20-16(21)12-5-4-11(18)8-14(12)19/h3-9H,1-2H3,(H,20,21). The van der Waals surface area contributed by atoms with Crippen LogP contribution in [0.25, 0.3) is 0 Å². The van der Waals surface area contributed by atoms with Gasteiger partial charge in [-0.15, -0.1) is 0 Å². The topological polar surface area (TPSA) is 38.3 Å². The average Bonchev–Trinajstić information content (AvgIpc) is 2.46. The van der Waals surface area contributed by atoms with Crippen LogP contribution in [0, 0.1) is 11.6 Å². The van der Waals surface area contributed by atoms with Gasteiger partial charge in [-0.2, -0.15) is 0 Å². The monoisotopic (exact) mass is 369 g/mol. The van der Waals surface area contributed by atoms with E-state index in [1.807, 2.05) is 6.07 Å². The molecule has 0 fully saturated rings. The lowest BCUT2D eigenvalue weighted by Gasteiger charge is -2.16. The lowest BCUT2D eigenvalue weighted by atomic mass is 10.1. The summed E-state index contributed by atoms with van der Waals surface area (Å²) in [5.41, 5.74) is 0.629. The quantitative estimate of drug-likeness (QED) is 0.875. The van der Waals surface area contributed by atoms with Gasteiger partial charge in [-0.3, -0.25) is 4.79 Å². The molecule has 0 spiro atoms. The van der Waals surface area contributed by atoms with Gasteiger partial charge in [-0.25, -0.2) is 8.78 Å². The summed E-state index contributed by atoms with van der Waals surface area (Å²) >= 11 is 3.37. The van der Waals surface area contributed by atoms with Crippen molar-refractivity contribution >= 4 is 21.8 Å². The number of hydrogen-bond acceptors (Lipinski definition) is 2. The third kappa shape index (κ3) is 3.62. The normalized spacial score (nSPS) is 11.9. The van der Waals surface area contributed by atoms with Gasteiger partial charge in [-0.1, -0.05) is 6.07 Å². The summed E-state index contributed by atoms with van der Waals surface area (Å²) in [5.74, 6) is -1.54. The number of hydrogen-bond donors (Lipinski definition) is 1. The minimum absolute atomic E-state index is 0.194. The number of methoxy groups -OCH3 is 1. The van der Waals surface area contributed by atoms with Gasteiger partial charge < -0.3 is 10.1 Å². The molecule has 0 saturated heterocycles. The van der Waals surface area contributed by atoms with E-state index in [-0.39, 0.29) is 11.6 Å². The third-order valence-electron chi connectivity index (χ3n) is 3.20. The van der Waals surface area contributed by atoms with Crippen molar-refractivity contribution < 1.29 is 18.3 Å². The molecule has 0 aliphatic carbocycles. The number of carbonyl (C=O) groups is 1. The van der Waals surface area contributed by atoms with Crippen LogP contribution in [0.4, 0.5) is 8.78 Å². The van der Waals surface area contributed by atoms with Gasteiger partial charge >= 0.3 is 0 Å². The van der Waals surface area contributed by atoms with Crippen LogP contribution in [0.3, 0.4) is 0 Å². The van der Waals surface area contributed by atoms with Gasteiger partial charge in [0.1, 0.15) is 17.4 Å². The molecule has 0 saturated carbocycles. The Bertz CT molecular complexity index is 707. The molecule has 2 rings (SSSR count). The second kappa shape index (κ2) is 6.87. The van der Waals surface area contributed by atoms with Gasteiger partial charge in [0.2, 0.25) is 0 Å². The number of rotatable bonds is 4. The second-order valence-electron chi connectivity index (χ2n) is 4.71. The number of benzene rings is 2. The molecule has 1 amide bonds. The molecular formula is C16H14BrF2NO2. The van der Waals surface area contributed by atoms with Crippen molar-refractivity contribution in [3.05, 3.63) is 63.6 Å². The number of ether oxygens (including phenoxy) is 1. The van der Waals surface area contributed by atoms with Crippen LogP contribution in [-0.2, 0) is 0 Å². The molecule has 116 valence electrons. The zero-order valence-corrected chi connectivity index (χ0v) is 13.6. The Hall–Kier alpha value is -1.95. The second-order valence-corrected chi connectivity index (χ2v) is 5.57. The number of halogens is 3. The van der Waals surface area contributed by atoms with Crippen LogP contribution in [-0.4, -0.2) is 13.0 Å². The first-order valence-corrected chi connectivity index (χ1v) is 7.31. The van der Waals surface area contributed by atoms with Crippen molar-refractivity contribution in [3.8, 4) is 5.75 Å². The van der Waals surface area contributed by atoms with Gasteiger partial charge in [0, 0.05) is 6.07 Å². The molecular weight excluding hydrogens is 356 g/mol. The zero-order valence-electron chi connectivity index (χ0n) is 12.0. The van der Waals surface area contributed by atoms with E-state index < -0.39 is 17.5 Å². The van der Waals surface area contributed by atoms with Crippen LogP contribution in [0.5, 0.6) is 5.75 Å².